The van der Waals surface area contributed by atoms with E-state index >= 15 is 0 Å². The summed E-state index contributed by atoms with van der Waals surface area (Å²) in [5, 5.41) is 10.8. The van der Waals surface area contributed by atoms with Gasteiger partial charge in [0.05, 0.1) is 12.7 Å². The van der Waals surface area contributed by atoms with Gasteiger partial charge in [-0.1, -0.05) is 30.3 Å². The van der Waals surface area contributed by atoms with Gasteiger partial charge in [0, 0.05) is 24.8 Å². The van der Waals surface area contributed by atoms with Crippen LogP contribution in [0.4, 0.5) is 5.69 Å². The minimum Gasteiger partial charge on any atom is -0.496 e. The number of carbonyl (C=O) groups excluding carboxylic acids is 1. The summed E-state index contributed by atoms with van der Waals surface area (Å²) >= 11 is 0. The van der Waals surface area contributed by atoms with Crippen molar-refractivity contribution in [2.24, 2.45) is 0 Å². The summed E-state index contributed by atoms with van der Waals surface area (Å²) in [7, 11) is 1.54. The molecule has 0 aliphatic carbocycles. The summed E-state index contributed by atoms with van der Waals surface area (Å²) in [4.78, 5) is 11.2. The van der Waals surface area contributed by atoms with Crippen LogP contribution in [-0.2, 0) is 4.79 Å². The molecule has 25 heavy (non-hydrogen) atoms. The second-order valence-electron chi connectivity index (χ2n) is 5.29. The van der Waals surface area contributed by atoms with Crippen molar-refractivity contribution in [2.75, 3.05) is 12.4 Å². The van der Waals surface area contributed by atoms with Crippen LogP contribution >= 0.6 is 0 Å². The first kappa shape index (κ1) is 16.4. The topological polar surface area (TPSA) is 77.2 Å². The van der Waals surface area contributed by atoms with Crippen LogP contribution in [0.5, 0.6) is 5.75 Å². The number of nitrogens with zero attached hydrogens (tertiary/aromatic N) is 2. The molecule has 0 aliphatic heterocycles. The highest BCUT2D eigenvalue weighted by atomic mass is 16.5. The van der Waals surface area contributed by atoms with Crippen molar-refractivity contribution >= 4 is 23.7 Å². The number of ether oxygens (including phenoxy) is 1. The van der Waals surface area contributed by atoms with E-state index in [2.05, 4.69) is 15.5 Å². The van der Waals surface area contributed by atoms with Gasteiger partial charge in [0.15, 0.2) is 0 Å². The lowest BCUT2D eigenvalue weighted by Gasteiger charge is -2.08. The van der Waals surface area contributed by atoms with Crippen LogP contribution in [0.1, 0.15) is 18.4 Å². The molecule has 0 unspecified atom stereocenters. The van der Waals surface area contributed by atoms with Crippen molar-refractivity contribution in [3.05, 3.63) is 60.0 Å². The van der Waals surface area contributed by atoms with Crippen LogP contribution < -0.4 is 10.1 Å². The maximum atomic E-state index is 11.2. The predicted molar refractivity (Wildman–Crippen MR) is 96.0 cm³/mol. The molecular formula is C19H17N3O3. The number of hydrogen-bond donors (Lipinski definition) is 1. The van der Waals surface area contributed by atoms with Crippen LogP contribution in [0.3, 0.4) is 0 Å². The Bertz CT molecular complexity index is 901. The molecule has 6 nitrogen and oxygen atoms in total. The van der Waals surface area contributed by atoms with Gasteiger partial charge < -0.3 is 14.5 Å². The minimum atomic E-state index is -0.152. The lowest BCUT2D eigenvalue weighted by atomic mass is 10.1. The molecule has 0 spiro atoms. The Hall–Kier alpha value is -3.41. The molecule has 1 N–H and O–H groups in total. The number of amides is 1. The maximum absolute atomic E-state index is 11.2. The molecule has 0 aliphatic rings. The van der Waals surface area contributed by atoms with E-state index in [1.54, 1.807) is 31.4 Å². The lowest BCUT2D eigenvalue weighted by molar-refractivity contribution is -0.114. The van der Waals surface area contributed by atoms with E-state index < -0.39 is 0 Å². The highest BCUT2D eigenvalue weighted by Crippen LogP contribution is 2.31. The van der Waals surface area contributed by atoms with E-state index in [0.717, 1.165) is 5.56 Å². The molecule has 0 radical (unpaired) electrons. The van der Waals surface area contributed by atoms with Gasteiger partial charge in [0.2, 0.25) is 11.8 Å². The van der Waals surface area contributed by atoms with Crippen LogP contribution in [0, 0.1) is 0 Å². The largest absolute Gasteiger partial charge is 0.496 e. The first-order valence-electron chi connectivity index (χ1n) is 7.68. The fourth-order valence-electron chi connectivity index (χ4n) is 2.29. The molecule has 2 aromatic carbocycles. The molecular weight excluding hydrogens is 318 g/mol. The molecule has 126 valence electrons. The first-order chi connectivity index (χ1) is 12.2. The number of methoxy groups -OCH3 is 1. The molecule has 6 heteroatoms. The van der Waals surface area contributed by atoms with Crippen molar-refractivity contribution in [3.8, 4) is 17.2 Å². The Morgan fingerprint density at radius 2 is 1.92 bits per heavy atom. The molecule has 1 aromatic heterocycles. The molecule has 0 fully saturated rings. The maximum Gasteiger partial charge on any atom is 0.251 e. The SMILES string of the molecule is COc1cc(NC(C)=O)ccc1-c1nnc(/C=C/c2ccccc2)o1. The van der Waals surface area contributed by atoms with Gasteiger partial charge in [0.1, 0.15) is 5.75 Å². The highest BCUT2D eigenvalue weighted by Gasteiger charge is 2.13. The van der Waals surface area contributed by atoms with Crippen molar-refractivity contribution in [2.45, 2.75) is 6.92 Å². The molecule has 0 saturated carbocycles. The third-order valence-corrected chi connectivity index (χ3v) is 3.41. The fraction of sp³-hybridized carbons (Fsp3) is 0.105. The number of anilines is 1. The second kappa shape index (κ2) is 7.44. The molecule has 1 amide bonds. The quantitative estimate of drug-likeness (QED) is 0.766. The van der Waals surface area contributed by atoms with Gasteiger partial charge in [-0.2, -0.15) is 0 Å². The zero-order valence-corrected chi connectivity index (χ0v) is 13.9. The summed E-state index contributed by atoms with van der Waals surface area (Å²) in [6.07, 6.45) is 3.65. The number of hydrogen-bond acceptors (Lipinski definition) is 5. The first-order valence-corrected chi connectivity index (χ1v) is 7.68. The zero-order chi connectivity index (χ0) is 17.6. The summed E-state index contributed by atoms with van der Waals surface area (Å²) in [6, 6.07) is 15.1. The number of benzene rings is 2. The molecule has 0 bridgehead atoms. The second-order valence-corrected chi connectivity index (χ2v) is 5.29. The van der Waals surface area contributed by atoms with Gasteiger partial charge in [-0.15, -0.1) is 10.2 Å². The van der Waals surface area contributed by atoms with E-state index in [1.807, 2.05) is 36.4 Å². The standard InChI is InChI=1S/C19H17N3O3/c1-13(23)20-15-9-10-16(17(12-15)24-2)19-22-21-18(25-19)11-8-14-6-4-3-5-7-14/h3-12H,1-2H3,(H,20,23)/b11-8+. The predicted octanol–water partition coefficient (Wildman–Crippen LogP) is 3.87. The van der Waals surface area contributed by atoms with Crippen LogP contribution in [0.25, 0.3) is 23.6 Å². The summed E-state index contributed by atoms with van der Waals surface area (Å²) in [6.45, 7) is 1.45. The highest BCUT2D eigenvalue weighted by molar-refractivity contribution is 5.89. The van der Waals surface area contributed by atoms with Crippen LogP contribution in [0.15, 0.2) is 52.9 Å². The Morgan fingerprint density at radius 1 is 1.12 bits per heavy atom. The summed E-state index contributed by atoms with van der Waals surface area (Å²) < 4.78 is 11.0. The Kier molecular flexibility index (Phi) is 4.89. The van der Waals surface area contributed by atoms with Gasteiger partial charge in [0.25, 0.3) is 5.89 Å². The third-order valence-electron chi connectivity index (χ3n) is 3.41. The molecule has 3 aromatic rings. The summed E-state index contributed by atoms with van der Waals surface area (Å²) in [5.74, 6) is 1.13. The Balaban J connectivity index is 1.84. The smallest absolute Gasteiger partial charge is 0.251 e. The van der Waals surface area contributed by atoms with E-state index in [4.69, 9.17) is 9.15 Å². The molecule has 3 rings (SSSR count). The van der Waals surface area contributed by atoms with Crippen molar-refractivity contribution in [1.82, 2.24) is 10.2 Å². The average Bonchev–Trinajstić information content (AvgIpc) is 3.09. The normalized spacial score (nSPS) is 10.8. The Morgan fingerprint density at radius 3 is 2.64 bits per heavy atom. The molecule has 0 saturated heterocycles. The molecule has 0 atom stereocenters. The monoisotopic (exact) mass is 335 g/mol. The third kappa shape index (κ3) is 4.11. The lowest BCUT2D eigenvalue weighted by Crippen LogP contribution is -2.05. The van der Waals surface area contributed by atoms with Gasteiger partial charge in [-0.3, -0.25) is 4.79 Å². The van der Waals surface area contributed by atoms with Crippen molar-refractivity contribution in [1.29, 1.82) is 0 Å². The Labute approximate surface area is 145 Å². The van der Waals surface area contributed by atoms with E-state index in [-0.39, 0.29) is 5.91 Å². The van der Waals surface area contributed by atoms with Crippen molar-refractivity contribution in [3.63, 3.8) is 0 Å². The van der Waals surface area contributed by atoms with E-state index in [1.165, 1.54) is 6.92 Å². The minimum absolute atomic E-state index is 0.152. The fourth-order valence-corrected chi connectivity index (χ4v) is 2.29. The summed E-state index contributed by atoms with van der Waals surface area (Å²) in [5.41, 5.74) is 2.33. The number of nitrogens with one attached hydrogen (secondary N) is 1. The molecule has 1 heterocycles. The van der Waals surface area contributed by atoms with E-state index in [9.17, 15) is 4.79 Å². The van der Waals surface area contributed by atoms with Gasteiger partial charge in [-0.05, 0) is 23.8 Å². The van der Waals surface area contributed by atoms with E-state index in [0.29, 0.717) is 28.8 Å². The number of aromatic nitrogens is 2. The van der Waals surface area contributed by atoms with Crippen LogP contribution in [0.2, 0.25) is 0 Å². The van der Waals surface area contributed by atoms with Crippen molar-refractivity contribution < 1.29 is 13.9 Å². The average molecular weight is 335 g/mol. The van der Waals surface area contributed by atoms with Gasteiger partial charge >= 0.3 is 0 Å². The number of carbonyl (C=O) groups is 1. The van der Waals surface area contributed by atoms with Crippen LogP contribution in [-0.4, -0.2) is 23.2 Å². The number of rotatable bonds is 5. The zero-order valence-electron chi connectivity index (χ0n) is 13.9. The van der Waals surface area contributed by atoms with Gasteiger partial charge in [-0.25, -0.2) is 0 Å².